The predicted octanol–water partition coefficient (Wildman–Crippen LogP) is 0.353. The van der Waals surface area contributed by atoms with Crippen LogP contribution >= 0.6 is 0 Å². The topological polar surface area (TPSA) is 81.7 Å². The van der Waals surface area contributed by atoms with Crippen LogP contribution in [-0.2, 0) is 24.4 Å². The molecule has 0 aromatic carbocycles. The van der Waals surface area contributed by atoms with Gasteiger partial charge < -0.3 is 4.74 Å². The predicted molar refractivity (Wildman–Crippen MR) is 50.2 cm³/mol. The molecule has 1 N–H and O–H groups in total. The van der Waals surface area contributed by atoms with Gasteiger partial charge in [-0.05, 0) is 6.42 Å². The fourth-order valence-electron chi connectivity index (χ4n) is 0.751. The van der Waals surface area contributed by atoms with Gasteiger partial charge in [0.25, 0.3) is 0 Å². The first kappa shape index (κ1) is 16.1. The number of ether oxygens (including phenoxy) is 1. The zero-order chi connectivity index (χ0) is 13.5. The van der Waals surface area contributed by atoms with Crippen molar-refractivity contribution in [3.63, 3.8) is 0 Å². The van der Waals surface area contributed by atoms with Crippen LogP contribution in [0.1, 0.15) is 12.8 Å². The average molecular weight is 279 g/mol. The Labute approximate surface area is 96.1 Å². The van der Waals surface area contributed by atoms with Crippen LogP contribution in [-0.4, -0.2) is 40.0 Å². The summed E-state index contributed by atoms with van der Waals surface area (Å²) in [6, 6.07) is 0. The molecule has 0 aromatic rings. The van der Waals surface area contributed by atoms with Crippen LogP contribution in [0.5, 0.6) is 0 Å². The van der Waals surface area contributed by atoms with Crippen LogP contribution in [0.4, 0.5) is 13.2 Å². The highest BCUT2D eigenvalue weighted by atomic mass is 32.2. The molecule has 17 heavy (non-hydrogen) atoms. The molecule has 0 spiro atoms. The lowest BCUT2D eigenvalue weighted by Gasteiger charge is -2.08. The SMILES string of the molecule is COC(=O)CCCS(=O)(=O)NOCC(F)(F)F. The van der Waals surface area contributed by atoms with Gasteiger partial charge in [0.2, 0.25) is 10.0 Å². The number of rotatable bonds is 7. The smallest absolute Gasteiger partial charge is 0.413 e. The number of sulfonamides is 1. The number of carbonyl (C=O) groups excluding carboxylic acids is 1. The Morgan fingerprint density at radius 2 is 1.94 bits per heavy atom. The molecule has 0 rings (SSSR count). The second-order valence-corrected chi connectivity index (χ2v) is 4.79. The van der Waals surface area contributed by atoms with Gasteiger partial charge in [0.05, 0.1) is 12.9 Å². The van der Waals surface area contributed by atoms with Gasteiger partial charge in [-0.15, -0.1) is 0 Å². The lowest BCUT2D eigenvalue weighted by molar-refractivity contribution is -0.181. The van der Waals surface area contributed by atoms with E-state index in [-0.39, 0.29) is 12.8 Å². The summed E-state index contributed by atoms with van der Waals surface area (Å²) >= 11 is 0. The number of methoxy groups -OCH3 is 1. The van der Waals surface area contributed by atoms with Gasteiger partial charge in [-0.3, -0.25) is 9.63 Å². The normalized spacial score (nSPS) is 12.5. The highest BCUT2D eigenvalue weighted by molar-refractivity contribution is 7.89. The van der Waals surface area contributed by atoms with Crippen LogP contribution in [0, 0.1) is 0 Å². The number of esters is 1. The van der Waals surface area contributed by atoms with Crippen molar-refractivity contribution < 1.29 is 36.0 Å². The molecule has 10 heteroatoms. The molecule has 0 fully saturated rings. The van der Waals surface area contributed by atoms with Gasteiger partial charge >= 0.3 is 12.1 Å². The summed E-state index contributed by atoms with van der Waals surface area (Å²) in [5, 5.41) is 0. The molecule has 0 aliphatic heterocycles. The van der Waals surface area contributed by atoms with Crippen molar-refractivity contribution in [3.05, 3.63) is 0 Å². The molecule has 0 heterocycles. The highest BCUT2D eigenvalue weighted by Crippen LogP contribution is 2.13. The van der Waals surface area contributed by atoms with E-state index < -0.39 is 34.5 Å². The molecule has 0 bridgehead atoms. The second kappa shape index (κ2) is 6.77. The summed E-state index contributed by atoms with van der Waals surface area (Å²) in [5.74, 6) is -1.13. The average Bonchev–Trinajstić information content (AvgIpc) is 2.14. The Morgan fingerprint density at radius 1 is 1.35 bits per heavy atom. The van der Waals surface area contributed by atoms with Crippen molar-refractivity contribution >= 4 is 16.0 Å². The molecule has 0 radical (unpaired) electrons. The third-order valence-electron chi connectivity index (χ3n) is 1.44. The molecule has 0 saturated carbocycles. The van der Waals surface area contributed by atoms with E-state index in [4.69, 9.17) is 0 Å². The Bertz CT molecular complexity index is 340. The van der Waals surface area contributed by atoms with Crippen molar-refractivity contribution in [2.24, 2.45) is 0 Å². The molecule has 0 aliphatic carbocycles. The van der Waals surface area contributed by atoms with Gasteiger partial charge in [-0.25, -0.2) is 8.42 Å². The van der Waals surface area contributed by atoms with Gasteiger partial charge in [0, 0.05) is 6.42 Å². The molecule has 0 aromatic heterocycles. The molecule has 102 valence electrons. The second-order valence-electron chi connectivity index (χ2n) is 2.99. The van der Waals surface area contributed by atoms with E-state index in [2.05, 4.69) is 9.57 Å². The quantitative estimate of drug-likeness (QED) is 0.537. The van der Waals surface area contributed by atoms with Crippen LogP contribution in [0.25, 0.3) is 0 Å². The first-order valence-corrected chi connectivity index (χ1v) is 6.06. The van der Waals surface area contributed by atoms with Crippen molar-refractivity contribution in [1.82, 2.24) is 4.89 Å². The fourth-order valence-corrected chi connectivity index (χ4v) is 1.60. The molecule has 0 aliphatic rings. The maximum absolute atomic E-state index is 11.6. The number of nitrogens with one attached hydrogen (secondary N) is 1. The van der Waals surface area contributed by atoms with Crippen LogP contribution < -0.4 is 4.89 Å². The summed E-state index contributed by atoms with van der Waals surface area (Å²) < 4.78 is 61.2. The van der Waals surface area contributed by atoms with Crippen molar-refractivity contribution in [3.8, 4) is 0 Å². The van der Waals surface area contributed by atoms with E-state index >= 15 is 0 Å². The summed E-state index contributed by atoms with van der Waals surface area (Å²) in [5.41, 5.74) is 0. The zero-order valence-corrected chi connectivity index (χ0v) is 9.73. The lowest BCUT2D eigenvalue weighted by Crippen LogP contribution is -2.31. The minimum atomic E-state index is -4.62. The van der Waals surface area contributed by atoms with Gasteiger partial charge in [0.1, 0.15) is 0 Å². The fraction of sp³-hybridized carbons (Fsp3) is 0.857. The lowest BCUT2D eigenvalue weighted by atomic mass is 10.3. The van der Waals surface area contributed by atoms with Crippen LogP contribution in [0.15, 0.2) is 0 Å². The molecule has 6 nitrogen and oxygen atoms in total. The van der Waals surface area contributed by atoms with Crippen LogP contribution in [0.2, 0.25) is 0 Å². The maximum Gasteiger partial charge on any atom is 0.413 e. The van der Waals surface area contributed by atoms with E-state index in [0.717, 1.165) is 7.11 Å². The first-order valence-electron chi connectivity index (χ1n) is 4.41. The van der Waals surface area contributed by atoms with E-state index in [1.165, 1.54) is 4.89 Å². The Morgan fingerprint density at radius 3 is 2.41 bits per heavy atom. The molecular formula is C7H12F3NO5S. The van der Waals surface area contributed by atoms with Gasteiger partial charge in [-0.2, -0.15) is 13.2 Å². The van der Waals surface area contributed by atoms with E-state index in [1.54, 1.807) is 0 Å². The van der Waals surface area contributed by atoms with Gasteiger partial charge in [0.15, 0.2) is 6.61 Å². The molecule has 0 amide bonds. The maximum atomic E-state index is 11.6. The molecule has 0 unspecified atom stereocenters. The summed E-state index contributed by atoms with van der Waals surface area (Å²) in [7, 11) is -2.85. The summed E-state index contributed by atoms with van der Waals surface area (Å²) in [6.07, 6.45) is -4.83. The third kappa shape index (κ3) is 10.0. The Kier molecular flexibility index (Phi) is 6.42. The number of hydrogen-bond acceptors (Lipinski definition) is 5. The Hall–Kier alpha value is -0.870. The van der Waals surface area contributed by atoms with E-state index in [0.29, 0.717) is 0 Å². The minimum Gasteiger partial charge on any atom is -0.469 e. The summed E-state index contributed by atoms with van der Waals surface area (Å²) in [4.78, 5) is 15.7. The van der Waals surface area contributed by atoms with E-state index in [1.807, 2.05) is 0 Å². The van der Waals surface area contributed by atoms with Gasteiger partial charge in [-0.1, -0.05) is 4.89 Å². The molecule has 0 saturated heterocycles. The minimum absolute atomic E-state index is 0.0720. The number of alkyl halides is 3. The number of hydrogen-bond donors (Lipinski definition) is 1. The van der Waals surface area contributed by atoms with E-state index in [9.17, 15) is 26.4 Å². The third-order valence-corrected chi connectivity index (χ3v) is 2.64. The largest absolute Gasteiger partial charge is 0.469 e. The molecule has 0 atom stereocenters. The van der Waals surface area contributed by atoms with Crippen molar-refractivity contribution in [2.75, 3.05) is 19.5 Å². The van der Waals surface area contributed by atoms with Crippen LogP contribution in [0.3, 0.4) is 0 Å². The van der Waals surface area contributed by atoms with Crippen molar-refractivity contribution in [2.45, 2.75) is 19.0 Å². The number of halogens is 3. The monoisotopic (exact) mass is 279 g/mol. The number of carbonyl (C=O) groups is 1. The molecular weight excluding hydrogens is 267 g/mol. The standard InChI is InChI=1S/C7H12F3NO5S/c1-15-6(12)3-2-4-17(13,14)11-16-5-7(8,9)10/h11H,2-5H2,1H3. The first-order chi connectivity index (χ1) is 7.66. The summed E-state index contributed by atoms with van der Waals surface area (Å²) in [6.45, 7) is -1.72. The Balaban J connectivity index is 3.85. The zero-order valence-electron chi connectivity index (χ0n) is 8.91. The van der Waals surface area contributed by atoms with Crippen molar-refractivity contribution in [1.29, 1.82) is 0 Å². The highest BCUT2D eigenvalue weighted by Gasteiger charge is 2.28.